The van der Waals surface area contributed by atoms with Crippen LogP contribution in [0.3, 0.4) is 0 Å². The molecule has 8 heterocycles. The monoisotopic (exact) mass is 740 g/mol. The van der Waals surface area contributed by atoms with Gasteiger partial charge in [-0.15, -0.1) is 5.10 Å². The molecule has 2 aromatic carbocycles. The molecule has 3 amide bonds. The summed E-state index contributed by atoms with van der Waals surface area (Å²) < 4.78 is 16.0. The number of hydrogen-bond donors (Lipinski definition) is 1. The molecule has 55 heavy (non-hydrogen) atoms. The molecular formula is C41H41FN10O3. The number of rotatable bonds is 7. The average molecular weight is 741 g/mol. The molecule has 1 unspecified atom stereocenters. The SMILES string of the molecule is O=C1CCC(N2Cc3cc(N4CC(N5CCN(c6cccc(-c7cnc8ccc(N9CCC[C@@H]9c9cccc(F)c9)nn78)n6)CC5)C4)ccc3C2=O)C(=O)N1. The predicted octanol–water partition coefficient (Wildman–Crippen LogP) is 4.04. The number of aromatic nitrogens is 4. The van der Waals surface area contributed by atoms with E-state index in [1.54, 1.807) is 17.0 Å². The lowest BCUT2D eigenvalue weighted by atomic mass is 10.0. The molecule has 2 atom stereocenters. The van der Waals surface area contributed by atoms with Crippen molar-refractivity contribution >= 4 is 40.7 Å². The van der Waals surface area contributed by atoms with Gasteiger partial charge in [-0.05, 0) is 85.0 Å². The number of carbonyl (C=O) groups excluding carboxylic acids is 3. The van der Waals surface area contributed by atoms with E-state index in [4.69, 9.17) is 10.1 Å². The van der Waals surface area contributed by atoms with Crippen molar-refractivity contribution in [3.05, 3.63) is 102 Å². The third-order valence-corrected chi connectivity index (χ3v) is 12.0. The summed E-state index contributed by atoms with van der Waals surface area (Å²) in [6.45, 7) is 6.69. The lowest BCUT2D eigenvalue weighted by molar-refractivity contribution is -0.136. The van der Waals surface area contributed by atoms with Crippen molar-refractivity contribution < 1.29 is 18.8 Å². The van der Waals surface area contributed by atoms with Crippen molar-refractivity contribution in [1.82, 2.24) is 34.7 Å². The van der Waals surface area contributed by atoms with Crippen LogP contribution in [0.5, 0.6) is 0 Å². The Morgan fingerprint density at radius 3 is 2.47 bits per heavy atom. The highest BCUT2D eigenvalue weighted by Crippen LogP contribution is 2.36. The number of imidazole rings is 1. The van der Waals surface area contributed by atoms with Gasteiger partial charge in [0, 0.05) is 76.1 Å². The van der Waals surface area contributed by atoms with Crippen molar-refractivity contribution in [2.24, 2.45) is 0 Å². The molecule has 13 nitrogen and oxygen atoms in total. The van der Waals surface area contributed by atoms with Crippen LogP contribution in [-0.4, -0.2) is 105 Å². The van der Waals surface area contributed by atoms with Gasteiger partial charge >= 0.3 is 0 Å². The summed E-state index contributed by atoms with van der Waals surface area (Å²) in [7, 11) is 0. The van der Waals surface area contributed by atoms with Crippen LogP contribution in [-0.2, 0) is 16.1 Å². The fourth-order valence-electron chi connectivity index (χ4n) is 9.01. The van der Waals surface area contributed by atoms with Crippen molar-refractivity contribution in [2.45, 2.75) is 50.4 Å². The molecule has 0 radical (unpaired) electrons. The summed E-state index contributed by atoms with van der Waals surface area (Å²) in [6.07, 6.45) is 4.40. The van der Waals surface area contributed by atoms with Gasteiger partial charge in [-0.2, -0.15) is 0 Å². The van der Waals surface area contributed by atoms with Crippen LogP contribution in [0.4, 0.5) is 21.7 Å². The fourth-order valence-corrected chi connectivity index (χ4v) is 9.01. The predicted molar refractivity (Wildman–Crippen MR) is 204 cm³/mol. The van der Waals surface area contributed by atoms with E-state index < -0.39 is 6.04 Å². The molecule has 1 N–H and O–H groups in total. The molecule has 0 bridgehead atoms. The second kappa shape index (κ2) is 13.4. The van der Waals surface area contributed by atoms with E-state index in [1.807, 2.05) is 53.2 Å². The quantitative estimate of drug-likeness (QED) is 0.245. The number of hydrogen-bond acceptors (Lipinski definition) is 10. The summed E-state index contributed by atoms with van der Waals surface area (Å²) in [4.78, 5) is 58.1. The molecule has 3 aromatic heterocycles. The van der Waals surface area contributed by atoms with Crippen LogP contribution < -0.4 is 20.0 Å². The lowest BCUT2D eigenvalue weighted by Gasteiger charge is -2.49. The van der Waals surface area contributed by atoms with E-state index in [0.29, 0.717) is 24.6 Å². The Labute approximate surface area is 317 Å². The molecule has 0 saturated carbocycles. The second-order valence-corrected chi connectivity index (χ2v) is 15.2. The first-order chi connectivity index (χ1) is 26.9. The summed E-state index contributed by atoms with van der Waals surface area (Å²) in [5, 5.41) is 7.41. The first-order valence-electron chi connectivity index (χ1n) is 19.2. The summed E-state index contributed by atoms with van der Waals surface area (Å²) in [6, 6.07) is 22.9. The minimum absolute atomic E-state index is 0.0710. The number of fused-ring (bicyclic) bond motifs is 2. The largest absolute Gasteiger partial charge is 0.368 e. The van der Waals surface area contributed by atoms with E-state index in [1.165, 1.54) is 6.07 Å². The third-order valence-electron chi connectivity index (χ3n) is 12.0. The number of halogens is 1. The van der Waals surface area contributed by atoms with E-state index in [2.05, 4.69) is 42.0 Å². The normalized spacial score (nSPS) is 22.1. The standard InChI is InChI=1S/C41H41FN10O3/c42-28-5-1-4-26(20-28)33-7-3-15-50(33)38-13-12-36-43-22-35(52(36)46-38)32-6-2-8-37(44-32)48-18-16-47(17-19-48)30-24-49(25-30)29-9-10-31-27(21-29)23-51(41(31)55)34-11-14-39(53)45-40(34)54/h1-2,4-6,8-10,12-13,20-22,30,33-34H,3,7,11,14-19,23-25H2,(H,45,53,54)/t33-,34?/m1/s1. The molecule has 4 fully saturated rings. The van der Waals surface area contributed by atoms with E-state index in [9.17, 15) is 18.8 Å². The van der Waals surface area contributed by atoms with Crippen LogP contribution in [0.2, 0.25) is 0 Å². The molecule has 5 aliphatic rings. The number of nitrogens with one attached hydrogen (secondary N) is 1. The Bertz CT molecular complexity index is 2330. The molecule has 10 rings (SSSR count). The Hall–Kier alpha value is -5.89. The van der Waals surface area contributed by atoms with Crippen LogP contribution in [0.25, 0.3) is 17.0 Å². The third kappa shape index (κ3) is 6.04. The Morgan fingerprint density at radius 2 is 1.64 bits per heavy atom. The molecule has 14 heteroatoms. The number of amides is 3. The number of carbonyl (C=O) groups is 3. The topological polar surface area (TPSA) is 123 Å². The number of anilines is 3. The highest BCUT2D eigenvalue weighted by molar-refractivity contribution is 6.05. The van der Waals surface area contributed by atoms with Gasteiger partial charge in [0.05, 0.1) is 17.9 Å². The highest BCUT2D eigenvalue weighted by atomic mass is 19.1. The van der Waals surface area contributed by atoms with Gasteiger partial charge in [-0.3, -0.25) is 24.6 Å². The molecule has 0 aliphatic carbocycles. The molecule has 5 aromatic rings. The number of piperidine rings is 1. The Balaban J connectivity index is 0.774. The van der Waals surface area contributed by atoms with Crippen molar-refractivity contribution in [2.75, 3.05) is 60.5 Å². The van der Waals surface area contributed by atoms with Gasteiger partial charge < -0.3 is 19.6 Å². The van der Waals surface area contributed by atoms with Crippen LogP contribution in [0.1, 0.15) is 53.2 Å². The van der Waals surface area contributed by atoms with Gasteiger partial charge in [0.2, 0.25) is 11.8 Å². The maximum atomic E-state index is 14.1. The average Bonchev–Trinajstić information content (AvgIpc) is 3.92. The van der Waals surface area contributed by atoms with Crippen molar-refractivity contribution in [1.29, 1.82) is 0 Å². The first-order valence-corrected chi connectivity index (χ1v) is 19.2. The zero-order valence-electron chi connectivity index (χ0n) is 30.4. The van der Waals surface area contributed by atoms with Crippen LogP contribution in [0, 0.1) is 5.82 Å². The van der Waals surface area contributed by atoms with Crippen molar-refractivity contribution in [3.8, 4) is 11.4 Å². The molecule has 5 aliphatic heterocycles. The number of imide groups is 1. The van der Waals surface area contributed by atoms with Gasteiger partial charge in [0.15, 0.2) is 5.65 Å². The number of benzene rings is 2. The maximum absolute atomic E-state index is 14.1. The molecule has 0 spiro atoms. The summed E-state index contributed by atoms with van der Waals surface area (Å²) in [5.41, 5.74) is 6.01. The zero-order valence-corrected chi connectivity index (χ0v) is 30.4. The molecule has 4 saturated heterocycles. The van der Waals surface area contributed by atoms with E-state index >= 15 is 0 Å². The molecule has 280 valence electrons. The first kappa shape index (κ1) is 33.7. The molecular weight excluding hydrogens is 700 g/mol. The number of piperazine rings is 1. The zero-order chi connectivity index (χ0) is 37.2. The number of nitrogens with zero attached hydrogens (tertiary/aromatic N) is 9. The van der Waals surface area contributed by atoms with Crippen LogP contribution >= 0.6 is 0 Å². The smallest absolute Gasteiger partial charge is 0.255 e. The van der Waals surface area contributed by atoms with E-state index in [-0.39, 0.29) is 36.0 Å². The maximum Gasteiger partial charge on any atom is 0.255 e. The lowest BCUT2D eigenvalue weighted by Crippen LogP contribution is -2.63. The number of pyridine rings is 1. The van der Waals surface area contributed by atoms with Gasteiger partial charge in [-0.25, -0.2) is 18.9 Å². The van der Waals surface area contributed by atoms with Crippen molar-refractivity contribution in [3.63, 3.8) is 0 Å². The summed E-state index contributed by atoms with van der Waals surface area (Å²) >= 11 is 0. The van der Waals surface area contributed by atoms with E-state index in [0.717, 1.165) is 104 Å². The fraction of sp³-hybridized carbons (Fsp3) is 0.366. The van der Waals surface area contributed by atoms with Gasteiger partial charge in [-0.1, -0.05) is 18.2 Å². The second-order valence-electron chi connectivity index (χ2n) is 15.2. The minimum Gasteiger partial charge on any atom is -0.368 e. The van der Waals surface area contributed by atoms with Gasteiger partial charge in [0.1, 0.15) is 29.2 Å². The summed E-state index contributed by atoms with van der Waals surface area (Å²) in [5.74, 6) is 0.736. The Kier molecular flexibility index (Phi) is 8.23. The Morgan fingerprint density at radius 1 is 0.782 bits per heavy atom. The highest BCUT2D eigenvalue weighted by Gasteiger charge is 2.40. The minimum atomic E-state index is -0.606. The van der Waals surface area contributed by atoms with Gasteiger partial charge in [0.25, 0.3) is 5.91 Å². The van der Waals surface area contributed by atoms with Crippen LogP contribution in [0.15, 0.2) is 79.0 Å².